The minimum Gasteiger partial charge on any atom is -0.300 e. The summed E-state index contributed by atoms with van der Waals surface area (Å²) in [5, 5.41) is 11.3. The van der Waals surface area contributed by atoms with Gasteiger partial charge in [0.2, 0.25) is 0 Å². The molecule has 9 rings (SSSR count). The molecule has 0 fully saturated rings. The van der Waals surface area contributed by atoms with Gasteiger partial charge in [-0.25, -0.2) is 9.97 Å². The van der Waals surface area contributed by atoms with Gasteiger partial charge < -0.3 is 5.41 Å². The predicted octanol–water partition coefficient (Wildman–Crippen LogP) is 13.5. The molecule has 0 unspecified atom stereocenters. The number of nitrogens with zero attached hydrogens (tertiary/aromatic N) is 2. The maximum atomic E-state index is 9.03. The van der Waals surface area contributed by atoms with Gasteiger partial charge in [-0.1, -0.05) is 188 Å². The van der Waals surface area contributed by atoms with Crippen molar-refractivity contribution in [1.29, 1.82) is 5.41 Å². The highest BCUT2D eigenvalue weighted by molar-refractivity contribution is 6.13. The maximum absolute atomic E-state index is 9.03. The van der Waals surface area contributed by atoms with Gasteiger partial charge in [0.25, 0.3) is 0 Å². The summed E-state index contributed by atoms with van der Waals surface area (Å²) >= 11 is 0. The van der Waals surface area contributed by atoms with Crippen LogP contribution in [0.3, 0.4) is 0 Å². The van der Waals surface area contributed by atoms with Crippen LogP contribution in [-0.2, 0) is 0 Å². The van der Waals surface area contributed by atoms with Gasteiger partial charge in [0.05, 0.1) is 17.1 Å². The normalized spacial score (nSPS) is 11.4. The Labute approximate surface area is 327 Å². The molecule has 0 aliphatic carbocycles. The van der Waals surface area contributed by atoms with Crippen LogP contribution in [0.1, 0.15) is 16.7 Å². The fourth-order valence-corrected chi connectivity index (χ4v) is 7.27. The van der Waals surface area contributed by atoms with Crippen LogP contribution in [-0.4, -0.2) is 15.7 Å². The lowest BCUT2D eigenvalue weighted by Crippen LogP contribution is -1.98. The van der Waals surface area contributed by atoms with E-state index in [-0.39, 0.29) is 0 Å². The molecule has 8 aromatic carbocycles. The Hall–Kier alpha value is -7.49. The second-order valence-electron chi connectivity index (χ2n) is 13.8. The molecule has 1 heterocycles. The number of hydrogen-bond donors (Lipinski definition) is 1. The predicted molar refractivity (Wildman–Crippen MR) is 234 cm³/mol. The Morgan fingerprint density at radius 3 is 1.43 bits per heavy atom. The number of nitrogens with one attached hydrogen (secondary N) is 1. The van der Waals surface area contributed by atoms with Gasteiger partial charge in [-0.3, -0.25) is 0 Å². The summed E-state index contributed by atoms with van der Waals surface area (Å²) in [6.45, 7) is 0. The molecule has 1 N–H and O–H groups in total. The molecule has 1 aromatic heterocycles. The lowest BCUT2D eigenvalue weighted by Gasteiger charge is -2.14. The number of aromatic nitrogens is 2. The lowest BCUT2D eigenvalue weighted by atomic mass is 9.89. The van der Waals surface area contributed by atoms with Crippen LogP contribution >= 0.6 is 0 Å². The first-order valence-electron chi connectivity index (χ1n) is 18.8. The van der Waals surface area contributed by atoms with Crippen LogP contribution in [0.2, 0.25) is 0 Å². The molecule has 9 aromatic rings. The number of benzene rings is 8. The Balaban J connectivity index is 1.10. The van der Waals surface area contributed by atoms with Gasteiger partial charge in [0, 0.05) is 16.7 Å². The first-order chi connectivity index (χ1) is 27.7. The molecule has 0 saturated carbocycles. The standard InChI is InChI=1S/C53H37N3/c54-50(39-18-7-2-8-19-39)35-49(37-16-5-1-6-17-37)47-29-15-24-38-30-31-45(34-48(38)47)43-26-13-25-42(32-43)44-27-14-28-46(33-44)53-55-51(40-20-9-3-10-21-40)36-52(56-53)41-22-11-4-12-23-41/h1-36,54H/b49-35-,54-50?. The quantitative estimate of drug-likeness (QED) is 0.151. The van der Waals surface area contributed by atoms with E-state index in [0.29, 0.717) is 11.5 Å². The SMILES string of the molecule is N=C(/C=C(/c1ccccc1)c1cccc2ccc(-c3cccc(-c4cccc(-c5nc(-c6ccccc6)cc(-c6ccccc6)n5)c4)c3)cc12)c1ccccc1. The van der Waals surface area contributed by atoms with Crippen molar-refractivity contribution in [2.24, 2.45) is 0 Å². The lowest BCUT2D eigenvalue weighted by molar-refractivity contribution is 1.18. The summed E-state index contributed by atoms with van der Waals surface area (Å²) in [7, 11) is 0. The highest BCUT2D eigenvalue weighted by atomic mass is 14.9. The van der Waals surface area contributed by atoms with E-state index in [1.165, 1.54) is 0 Å². The fraction of sp³-hybridized carbons (Fsp3) is 0. The first-order valence-corrected chi connectivity index (χ1v) is 18.8. The number of allylic oxidation sites excluding steroid dienone is 1. The molecular formula is C53H37N3. The maximum Gasteiger partial charge on any atom is 0.160 e. The van der Waals surface area contributed by atoms with Crippen molar-refractivity contribution in [2.45, 2.75) is 0 Å². The van der Waals surface area contributed by atoms with Crippen LogP contribution in [0.25, 0.3) is 72.5 Å². The van der Waals surface area contributed by atoms with E-state index >= 15 is 0 Å². The number of hydrogen-bond acceptors (Lipinski definition) is 3. The third-order valence-electron chi connectivity index (χ3n) is 10.1. The average molecular weight is 716 g/mol. The van der Waals surface area contributed by atoms with E-state index in [0.717, 1.165) is 83.4 Å². The molecule has 0 saturated heterocycles. The first kappa shape index (κ1) is 34.3. The van der Waals surface area contributed by atoms with Gasteiger partial charge >= 0.3 is 0 Å². The summed E-state index contributed by atoms with van der Waals surface area (Å²) in [6, 6.07) is 73.3. The minimum atomic E-state index is 0.473. The van der Waals surface area contributed by atoms with E-state index < -0.39 is 0 Å². The van der Waals surface area contributed by atoms with Gasteiger partial charge in [-0.15, -0.1) is 0 Å². The Morgan fingerprint density at radius 2 is 0.839 bits per heavy atom. The summed E-state index contributed by atoms with van der Waals surface area (Å²) < 4.78 is 0. The highest BCUT2D eigenvalue weighted by Crippen LogP contribution is 2.36. The van der Waals surface area contributed by atoms with E-state index in [1.807, 2.05) is 78.9 Å². The topological polar surface area (TPSA) is 49.6 Å². The molecule has 0 amide bonds. The Kier molecular flexibility index (Phi) is 9.47. The van der Waals surface area contributed by atoms with Gasteiger partial charge in [-0.05, 0) is 85.6 Å². The monoisotopic (exact) mass is 715 g/mol. The van der Waals surface area contributed by atoms with Crippen LogP contribution in [0.5, 0.6) is 0 Å². The van der Waals surface area contributed by atoms with Crippen LogP contribution < -0.4 is 0 Å². The molecule has 0 spiro atoms. The third kappa shape index (κ3) is 7.22. The Morgan fingerprint density at radius 1 is 0.375 bits per heavy atom. The second-order valence-corrected chi connectivity index (χ2v) is 13.8. The number of fused-ring (bicyclic) bond motifs is 1. The molecule has 3 nitrogen and oxygen atoms in total. The van der Waals surface area contributed by atoms with Crippen LogP contribution in [0.15, 0.2) is 218 Å². The molecule has 3 heteroatoms. The summed E-state index contributed by atoms with van der Waals surface area (Å²) in [4.78, 5) is 10.2. The largest absolute Gasteiger partial charge is 0.300 e. The molecule has 0 radical (unpaired) electrons. The summed E-state index contributed by atoms with van der Waals surface area (Å²) in [5.74, 6) is 0.688. The highest BCUT2D eigenvalue weighted by Gasteiger charge is 2.14. The zero-order valence-electron chi connectivity index (χ0n) is 30.7. The molecular weight excluding hydrogens is 679 g/mol. The van der Waals surface area contributed by atoms with E-state index in [2.05, 4.69) is 140 Å². The van der Waals surface area contributed by atoms with E-state index in [9.17, 15) is 0 Å². The molecule has 0 aliphatic heterocycles. The van der Waals surface area contributed by atoms with E-state index in [4.69, 9.17) is 15.4 Å². The van der Waals surface area contributed by atoms with Crippen molar-refractivity contribution in [3.63, 3.8) is 0 Å². The summed E-state index contributed by atoms with van der Waals surface area (Å²) in [5.41, 5.74) is 13.8. The molecule has 264 valence electrons. The smallest absolute Gasteiger partial charge is 0.160 e. The van der Waals surface area contributed by atoms with Crippen LogP contribution in [0, 0.1) is 5.41 Å². The van der Waals surface area contributed by atoms with Crippen molar-refractivity contribution >= 4 is 22.1 Å². The van der Waals surface area contributed by atoms with Crippen LogP contribution in [0.4, 0.5) is 0 Å². The van der Waals surface area contributed by atoms with Crippen molar-refractivity contribution in [2.75, 3.05) is 0 Å². The zero-order chi connectivity index (χ0) is 37.7. The minimum absolute atomic E-state index is 0.473. The summed E-state index contributed by atoms with van der Waals surface area (Å²) in [6.07, 6.45) is 2.00. The van der Waals surface area contributed by atoms with Crippen molar-refractivity contribution < 1.29 is 0 Å². The van der Waals surface area contributed by atoms with Gasteiger partial charge in [0.15, 0.2) is 5.82 Å². The van der Waals surface area contributed by atoms with E-state index in [1.54, 1.807) is 0 Å². The molecule has 0 bridgehead atoms. The average Bonchev–Trinajstić information content (AvgIpc) is 3.29. The Bertz CT molecular complexity index is 2790. The molecule has 56 heavy (non-hydrogen) atoms. The third-order valence-corrected chi connectivity index (χ3v) is 10.1. The van der Waals surface area contributed by atoms with Gasteiger partial charge in [0.1, 0.15) is 0 Å². The fourth-order valence-electron chi connectivity index (χ4n) is 7.27. The zero-order valence-corrected chi connectivity index (χ0v) is 30.7. The van der Waals surface area contributed by atoms with Crippen molar-refractivity contribution in [3.8, 4) is 56.2 Å². The molecule has 0 atom stereocenters. The van der Waals surface area contributed by atoms with Crippen molar-refractivity contribution in [3.05, 3.63) is 235 Å². The molecule has 0 aliphatic rings. The van der Waals surface area contributed by atoms with Crippen molar-refractivity contribution in [1.82, 2.24) is 9.97 Å². The second kappa shape index (κ2) is 15.5. The number of rotatable bonds is 9. The van der Waals surface area contributed by atoms with Gasteiger partial charge in [-0.2, -0.15) is 0 Å².